The number of hydrogen-bond donors (Lipinski definition) is 3. The fourth-order valence-corrected chi connectivity index (χ4v) is 1.02. The second-order valence-electron chi connectivity index (χ2n) is 2.67. The van der Waals surface area contributed by atoms with Gasteiger partial charge in [0.05, 0.1) is 0 Å². The summed E-state index contributed by atoms with van der Waals surface area (Å²) < 4.78 is 1.40. The highest BCUT2D eigenvalue weighted by molar-refractivity contribution is 5.25. The number of rotatable bonds is 2. The van der Waals surface area contributed by atoms with Crippen molar-refractivity contribution in [1.29, 1.82) is 0 Å². The number of nitrogens with two attached hydrogens (primary N) is 2. The number of hydrazine groups is 1. The maximum atomic E-state index is 5.60. The maximum absolute atomic E-state index is 5.60. The molecule has 2 rings (SSSR count). The summed E-state index contributed by atoms with van der Waals surface area (Å²) in [6.07, 6.45) is 2.31. The first-order valence-corrected chi connectivity index (χ1v) is 3.50. The molecule has 0 amide bonds. The van der Waals surface area contributed by atoms with Gasteiger partial charge in [-0.15, -0.1) is 10.2 Å². The molecular weight excluding hydrogens is 144 g/mol. The van der Waals surface area contributed by atoms with E-state index in [1.807, 2.05) is 0 Å². The molecule has 0 atom stereocenters. The second kappa shape index (κ2) is 2.09. The number of nitrogen functional groups attached to an aromatic ring is 2. The minimum Gasteiger partial charge on any atom is -0.335 e. The highest BCUT2D eigenvalue weighted by atomic mass is 15.5. The molecule has 1 aliphatic rings. The van der Waals surface area contributed by atoms with Gasteiger partial charge in [0.2, 0.25) is 0 Å². The molecule has 0 unspecified atom stereocenters. The van der Waals surface area contributed by atoms with Crippen LogP contribution in [0, 0.1) is 0 Å². The summed E-state index contributed by atoms with van der Waals surface area (Å²) >= 11 is 0. The highest BCUT2D eigenvalue weighted by Crippen LogP contribution is 2.38. The average molecular weight is 154 g/mol. The van der Waals surface area contributed by atoms with Crippen LogP contribution in [0.4, 0.5) is 5.95 Å². The zero-order valence-corrected chi connectivity index (χ0v) is 5.99. The Balaban J connectivity index is 2.33. The lowest BCUT2D eigenvalue weighted by Gasteiger charge is -1.99. The topological polar surface area (TPSA) is 94.8 Å². The average Bonchev–Trinajstić information content (AvgIpc) is 2.77. The van der Waals surface area contributed by atoms with E-state index in [-0.39, 0.29) is 0 Å². The molecule has 0 aromatic carbocycles. The van der Waals surface area contributed by atoms with Crippen LogP contribution in [0.15, 0.2) is 0 Å². The van der Waals surface area contributed by atoms with E-state index in [0.717, 1.165) is 18.7 Å². The first kappa shape index (κ1) is 6.41. The Kier molecular flexibility index (Phi) is 1.22. The van der Waals surface area contributed by atoms with Gasteiger partial charge in [-0.2, -0.15) is 0 Å². The molecule has 0 saturated heterocycles. The van der Waals surface area contributed by atoms with E-state index in [4.69, 9.17) is 11.7 Å². The SMILES string of the molecule is NNc1nnc(C2CC2)n1N. The predicted octanol–water partition coefficient (Wildman–Crippen LogP) is -0.845. The predicted molar refractivity (Wildman–Crippen MR) is 40.0 cm³/mol. The van der Waals surface area contributed by atoms with E-state index in [2.05, 4.69) is 15.6 Å². The lowest BCUT2D eigenvalue weighted by Crippen LogP contribution is -2.19. The molecule has 1 aromatic rings. The number of hydrogen-bond acceptors (Lipinski definition) is 5. The molecule has 1 fully saturated rings. The molecule has 1 aliphatic carbocycles. The Morgan fingerprint density at radius 2 is 2.18 bits per heavy atom. The van der Waals surface area contributed by atoms with Gasteiger partial charge in [0.15, 0.2) is 5.82 Å². The molecule has 1 heterocycles. The third kappa shape index (κ3) is 0.911. The van der Waals surface area contributed by atoms with Crippen LogP contribution in [0.3, 0.4) is 0 Å². The van der Waals surface area contributed by atoms with Gasteiger partial charge in [-0.1, -0.05) is 0 Å². The van der Waals surface area contributed by atoms with Crippen LogP contribution in [0.5, 0.6) is 0 Å². The van der Waals surface area contributed by atoms with Crippen molar-refractivity contribution in [2.45, 2.75) is 18.8 Å². The Bertz CT molecular complexity index is 262. The molecule has 0 spiro atoms. The Labute approximate surface area is 63.5 Å². The summed E-state index contributed by atoms with van der Waals surface area (Å²) in [5.41, 5.74) is 2.36. The van der Waals surface area contributed by atoms with E-state index in [1.54, 1.807) is 0 Å². The number of aromatic nitrogens is 3. The summed E-state index contributed by atoms with van der Waals surface area (Å²) in [7, 11) is 0. The number of anilines is 1. The van der Waals surface area contributed by atoms with Crippen molar-refractivity contribution in [3.63, 3.8) is 0 Å². The van der Waals surface area contributed by atoms with Crippen LogP contribution in [0.2, 0.25) is 0 Å². The number of nitrogens with one attached hydrogen (secondary N) is 1. The van der Waals surface area contributed by atoms with Gasteiger partial charge in [0.1, 0.15) is 0 Å². The molecule has 0 bridgehead atoms. The Morgan fingerprint density at radius 1 is 1.45 bits per heavy atom. The van der Waals surface area contributed by atoms with Gasteiger partial charge < -0.3 is 5.84 Å². The molecule has 5 N–H and O–H groups in total. The monoisotopic (exact) mass is 154 g/mol. The van der Waals surface area contributed by atoms with Crippen LogP contribution in [-0.4, -0.2) is 14.9 Å². The fraction of sp³-hybridized carbons (Fsp3) is 0.600. The van der Waals surface area contributed by atoms with Gasteiger partial charge >= 0.3 is 0 Å². The maximum Gasteiger partial charge on any atom is 0.257 e. The lowest BCUT2D eigenvalue weighted by atomic mass is 10.4. The summed E-state index contributed by atoms with van der Waals surface area (Å²) in [5, 5.41) is 7.64. The summed E-state index contributed by atoms with van der Waals surface area (Å²) in [6, 6.07) is 0. The third-order valence-electron chi connectivity index (χ3n) is 1.79. The van der Waals surface area contributed by atoms with Crippen molar-refractivity contribution in [2.24, 2.45) is 5.84 Å². The summed E-state index contributed by atoms with van der Waals surface area (Å²) in [5.74, 6) is 12.5. The molecule has 6 nitrogen and oxygen atoms in total. The molecule has 1 aromatic heterocycles. The lowest BCUT2D eigenvalue weighted by molar-refractivity contribution is 0.845. The van der Waals surface area contributed by atoms with Gasteiger partial charge in [0, 0.05) is 5.92 Å². The van der Waals surface area contributed by atoms with Crippen molar-refractivity contribution >= 4 is 5.95 Å². The van der Waals surface area contributed by atoms with Crippen LogP contribution >= 0.6 is 0 Å². The zero-order chi connectivity index (χ0) is 7.84. The van der Waals surface area contributed by atoms with Crippen molar-refractivity contribution in [2.75, 3.05) is 11.3 Å². The van der Waals surface area contributed by atoms with E-state index in [1.165, 1.54) is 4.68 Å². The Hall–Kier alpha value is -1.30. The van der Waals surface area contributed by atoms with Crippen LogP contribution in [0.1, 0.15) is 24.6 Å². The smallest absolute Gasteiger partial charge is 0.257 e. The van der Waals surface area contributed by atoms with E-state index in [0.29, 0.717) is 11.9 Å². The molecule has 60 valence electrons. The molecule has 6 heteroatoms. The second-order valence-corrected chi connectivity index (χ2v) is 2.67. The van der Waals surface area contributed by atoms with Crippen LogP contribution in [0.25, 0.3) is 0 Å². The molecule has 0 aliphatic heterocycles. The van der Waals surface area contributed by atoms with Crippen molar-refractivity contribution in [3.8, 4) is 0 Å². The highest BCUT2D eigenvalue weighted by Gasteiger charge is 2.29. The van der Waals surface area contributed by atoms with Crippen molar-refractivity contribution < 1.29 is 0 Å². The molecule has 1 saturated carbocycles. The summed E-state index contributed by atoms with van der Waals surface area (Å²) in [6.45, 7) is 0. The Morgan fingerprint density at radius 3 is 2.64 bits per heavy atom. The standard InChI is InChI=1S/C5H10N6/c6-8-5-10-9-4(11(5)7)3-1-2-3/h3H,1-2,6-7H2,(H,8,10). The van der Waals surface area contributed by atoms with Crippen molar-refractivity contribution in [3.05, 3.63) is 5.82 Å². The normalized spacial score (nSPS) is 16.8. The zero-order valence-electron chi connectivity index (χ0n) is 5.99. The van der Waals surface area contributed by atoms with Crippen molar-refractivity contribution in [1.82, 2.24) is 14.9 Å². The van der Waals surface area contributed by atoms with E-state index in [9.17, 15) is 0 Å². The van der Waals surface area contributed by atoms with E-state index < -0.39 is 0 Å². The first-order chi connectivity index (χ1) is 5.33. The third-order valence-corrected chi connectivity index (χ3v) is 1.79. The number of nitrogens with zero attached hydrogens (tertiary/aromatic N) is 3. The van der Waals surface area contributed by atoms with Crippen LogP contribution < -0.4 is 17.1 Å². The molecule has 0 radical (unpaired) electrons. The minimum absolute atomic E-state index is 0.409. The quantitative estimate of drug-likeness (QED) is 0.381. The van der Waals surface area contributed by atoms with Gasteiger partial charge in [-0.3, -0.25) is 5.43 Å². The van der Waals surface area contributed by atoms with Crippen LogP contribution in [-0.2, 0) is 0 Å². The molecule has 11 heavy (non-hydrogen) atoms. The van der Waals surface area contributed by atoms with E-state index >= 15 is 0 Å². The minimum atomic E-state index is 0.409. The largest absolute Gasteiger partial charge is 0.335 e. The summed E-state index contributed by atoms with van der Waals surface area (Å²) in [4.78, 5) is 0. The van der Waals surface area contributed by atoms with Gasteiger partial charge in [0.25, 0.3) is 5.95 Å². The molecular formula is C5H10N6. The van der Waals surface area contributed by atoms with Gasteiger partial charge in [-0.05, 0) is 12.8 Å². The fourth-order valence-electron chi connectivity index (χ4n) is 1.02. The first-order valence-electron chi connectivity index (χ1n) is 3.50. The van der Waals surface area contributed by atoms with Gasteiger partial charge in [-0.25, -0.2) is 10.5 Å².